The van der Waals surface area contributed by atoms with E-state index in [1.165, 1.54) is 18.4 Å². The van der Waals surface area contributed by atoms with Crippen LogP contribution in [0.15, 0.2) is 18.2 Å². The molecule has 0 spiro atoms. The second-order valence-corrected chi connectivity index (χ2v) is 9.17. The topological polar surface area (TPSA) is 53.1 Å². The van der Waals surface area contributed by atoms with Crippen LogP contribution < -0.4 is 9.80 Å². The first-order valence-electron chi connectivity index (χ1n) is 11.6. The number of amides is 2. The molecule has 0 saturated heterocycles. The molecule has 1 aromatic rings. The predicted molar refractivity (Wildman–Crippen MR) is 119 cm³/mol. The van der Waals surface area contributed by atoms with Gasteiger partial charge in [0.2, 0.25) is 5.91 Å². The van der Waals surface area contributed by atoms with Crippen molar-refractivity contribution < 1.29 is 14.3 Å². The Labute approximate surface area is 180 Å². The lowest BCUT2D eigenvalue weighted by molar-refractivity contribution is -0.120. The molecule has 0 bridgehead atoms. The highest BCUT2D eigenvalue weighted by atomic mass is 16.6. The first-order chi connectivity index (χ1) is 14.4. The maximum atomic E-state index is 13.0. The molecule has 30 heavy (non-hydrogen) atoms. The van der Waals surface area contributed by atoms with Crippen molar-refractivity contribution in [2.24, 2.45) is 5.92 Å². The van der Waals surface area contributed by atoms with Crippen LogP contribution in [0.2, 0.25) is 0 Å². The SMILES string of the molecule is CCOC(=O)N1C[C@H](C)N(C(=O)C2CC2)c2ccc(C(CC)CN(C)C3CC3)cc21. The van der Waals surface area contributed by atoms with Crippen LogP contribution in [0.4, 0.5) is 16.2 Å². The van der Waals surface area contributed by atoms with Gasteiger partial charge in [-0.15, -0.1) is 0 Å². The van der Waals surface area contributed by atoms with Crippen LogP contribution in [-0.4, -0.2) is 55.7 Å². The summed E-state index contributed by atoms with van der Waals surface area (Å²) in [5.41, 5.74) is 2.88. The second-order valence-electron chi connectivity index (χ2n) is 9.17. The summed E-state index contributed by atoms with van der Waals surface area (Å²) in [5.74, 6) is 0.738. The molecule has 0 N–H and O–H groups in total. The highest BCUT2D eigenvalue weighted by molar-refractivity contribution is 6.04. The molecule has 0 aromatic heterocycles. The van der Waals surface area contributed by atoms with E-state index in [9.17, 15) is 9.59 Å². The molecule has 0 radical (unpaired) electrons. The van der Waals surface area contributed by atoms with Crippen molar-refractivity contribution in [2.75, 3.05) is 36.5 Å². The van der Waals surface area contributed by atoms with Crippen molar-refractivity contribution >= 4 is 23.4 Å². The van der Waals surface area contributed by atoms with E-state index in [1.54, 1.807) is 4.90 Å². The van der Waals surface area contributed by atoms with Gasteiger partial charge in [0, 0.05) is 25.0 Å². The number of fused-ring (bicyclic) bond motifs is 1. The lowest BCUT2D eigenvalue weighted by atomic mass is 9.93. The molecule has 2 amide bonds. The lowest BCUT2D eigenvalue weighted by Gasteiger charge is -2.41. The molecule has 1 aliphatic heterocycles. The first kappa shape index (κ1) is 21.2. The van der Waals surface area contributed by atoms with Gasteiger partial charge in [0.1, 0.15) is 0 Å². The summed E-state index contributed by atoms with van der Waals surface area (Å²) in [6, 6.07) is 6.99. The number of carbonyl (C=O) groups excluding carboxylic acids is 2. The van der Waals surface area contributed by atoms with Crippen molar-refractivity contribution in [3.05, 3.63) is 23.8 Å². The Morgan fingerprint density at radius 1 is 1.17 bits per heavy atom. The molecule has 6 heteroatoms. The summed E-state index contributed by atoms with van der Waals surface area (Å²) in [6.07, 6.45) is 5.25. The van der Waals surface area contributed by atoms with Crippen LogP contribution in [0.3, 0.4) is 0 Å². The minimum Gasteiger partial charge on any atom is -0.449 e. The smallest absolute Gasteiger partial charge is 0.414 e. The van der Waals surface area contributed by atoms with E-state index in [2.05, 4.69) is 31.0 Å². The third-order valence-corrected chi connectivity index (χ3v) is 6.73. The van der Waals surface area contributed by atoms with Crippen molar-refractivity contribution in [3.63, 3.8) is 0 Å². The number of carbonyl (C=O) groups is 2. The molecular formula is C24H35N3O3. The van der Waals surface area contributed by atoms with E-state index in [0.717, 1.165) is 43.2 Å². The molecule has 2 saturated carbocycles. The summed E-state index contributed by atoms with van der Waals surface area (Å²) in [7, 11) is 2.21. The molecule has 1 aromatic carbocycles. The highest BCUT2D eigenvalue weighted by Gasteiger charge is 2.41. The molecule has 1 unspecified atom stereocenters. The zero-order chi connectivity index (χ0) is 21.4. The van der Waals surface area contributed by atoms with Crippen LogP contribution in [0.1, 0.15) is 64.4 Å². The van der Waals surface area contributed by atoms with Gasteiger partial charge in [0.15, 0.2) is 0 Å². The number of hydrogen-bond acceptors (Lipinski definition) is 4. The minimum atomic E-state index is -0.329. The standard InChI is InChI=1S/C24H35N3O3/c1-5-17(15-25(4)20-10-11-20)19-9-12-21-22(13-19)26(24(29)30-6-2)14-16(3)27(21)23(28)18-7-8-18/h9,12-13,16-18,20H,5-8,10-11,14-15H2,1-4H3/t16-,17?/m0/s1. The highest BCUT2D eigenvalue weighted by Crippen LogP contribution is 2.42. The number of hydrogen-bond donors (Lipinski definition) is 0. The molecule has 164 valence electrons. The maximum absolute atomic E-state index is 13.0. The van der Waals surface area contributed by atoms with E-state index in [1.807, 2.05) is 24.8 Å². The fourth-order valence-electron chi connectivity index (χ4n) is 4.62. The van der Waals surface area contributed by atoms with Crippen LogP contribution in [-0.2, 0) is 9.53 Å². The van der Waals surface area contributed by atoms with Gasteiger partial charge in [-0.2, -0.15) is 0 Å². The van der Waals surface area contributed by atoms with Gasteiger partial charge < -0.3 is 14.5 Å². The van der Waals surface area contributed by atoms with Crippen molar-refractivity contribution in [1.82, 2.24) is 4.90 Å². The first-order valence-corrected chi connectivity index (χ1v) is 11.6. The Kier molecular flexibility index (Phi) is 6.05. The fourth-order valence-corrected chi connectivity index (χ4v) is 4.62. The van der Waals surface area contributed by atoms with Gasteiger partial charge in [0.05, 0.1) is 24.0 Å². The Bertz CT molecular complexity index is 803. The summed E-state index contributed by atoms with van der Waals surface area (Å²) in [5, 5.41) is 0. The quantitative estimate of drug-likeness (QED) is 0.666. The van der Waals surface area contributed by atoms with Crippen LogP contribution in [0.25, 0.3) is 0 Å². The fraction of sp³-hybridized carbons (Fsp3) is 0.667. The normalized spacial score (nSPS) is 22.1. The van der Waals surface area contributed by atoms with Gasteiger partial charge in [-0.3, -0.25) is 9.69 Å². The van der Waals surface area contributed by atoms with Crippen molar-refractivity contribution in [1.29, 1.82) is 0 Å². The number of benzene rings is 1. The number of anilines is 2. The molecular weight excluding hydrogens is 378 g/mol. The number of rotatable bonds is 7. The van der Waals surface area contributed by atoms with E-state index < -0.39 is 0 Å². The number of likely N-dealkylation sites (N-methyl/N-ethyl adjacent to an activating group) is 1. The maximum Gasteiger partial charge on any atom is 0.414 e. The van der Waals surface area contributed by atoms with E-state index in [0.29, 0.717) is 19.1 Å². The van der Waals surface area contributed by atoms with Gasteiger partial charge in [-0.05, 0) is 76.6 Å². The largest absolute Gasteiger partial charge is 0.449 e. The zero-order valence-corrected chi connectivity index (χ0v) is 18.8. The number of nitrogens with zero attached hydrogens (tertiary/aromatic N) is 3. The van der Waals surface area contributed by atoms with Gasteiger partial charge in [-0.1, -0.05) is 13.0 Å². The van der Waals surface area contributed by atoms with Gasteiger partial charge >= 0.3 is 6.09 Å². The van der Waals surface area contributed by atoms with Crippen LogP contribution in [0, 0.1) is 5.92 Å². The third kappa shape index (κ3) is 4.20. The van der Waals surface area contributed by atoms with E-state index >= 15 is 0 Å². The van der Waals surface area contributed by atoms with Gasteiger partial charge in [-0.25, -0.2) is 4.79 Å². The molecule has 6 nitrogen and oxygen atoms in total. The van der Waals surface area contributed by atoms with Crippen molar-refractivity contribution in [3.8, 4) is 0 Å². The Morgan fingerprint density at radius 2 is 1.90 bits per heavy atom. The number of ether oxygens (including phenoxy) is 1. The van der Waals surface area contributed by atoms with Crippen LogP contribution >= 0.6 is 0 Å². The van der Waals surface area contributed by atoms with Crippen LogP contribution in [0.5, 0.6) is 0 Å². The summed E-state index contributed by atoms with van der Waals surface area (Å²) < 4.78 is 5.35. The van der Waals surface area contributed by atoms with Crippen molar-refractivity contribution in [2.45, 2.75) is 70.9 Å². The zero-order valence-electron chi connectivity index (χ0n) is 18.8. The average Bonchev–Trinajstić information content (AvgIpc) is 3.63. The Balaban J connectivity index is 1.68. The Hall–Kier alpha value is -2.08. The molecule has 2 aliphatic carbocycles. The third-order valence-electron chi connectivity index (χ3n) is 6.73. The lowest BCUT2D eigenvalue weighted by Crippen LogP contribution is -2.52. The molecule has 4 rings (SSSR count). The van der Waals surface area contributed by atoms with E-state index in [-0.39, 0.29) is 24.0 Å². The molecule has 1 heterocycles. The summed E-state index contributed by atoms with van der Waals surface area (Å²) >= 11 is 0. The monoisotopic (exact) mass is 413 g/mol. The molecule has 2 atom stereocenters. The molecule has 3 aliphatic rings. The molecule has 2 fully saturated rings. The Morgan fingerprint density at radius 3 is 2.50 bits per heavy atom. The van der Waals surface area contributed by atoms with E-state index in [4.69, 9.17) is 4.74 Å². The summed E-state index contributed by atoms with van der Waals surface area (Å²) in [6.45, 7) is 7.88. The predicted octanol–water partition coefficient (Wildman–Crippen LogP) is 4.38. The minimum absolute atomic E-state index is 0.0659. The second kappa shape index (κ2) is 8.58. The summed E-state index contributed by atoms with van der Waals surface area (Å²) in [4.78, 5) is 31.9. The van der Waals surface area contributed by atoms with Gasteiger partial charge in [0.25, 0.3) is 0 Å². The average molecular weight is 414 g/mol.